The molecule has 1 atom stereocenters. The molecule has 2 N–H and O–H groups in total. The number of rotatable bonds is 3. The van der Waals surface area contributed by atoms with E-state index in [1.54, 1.807) is 0 Å². The fourth-order valence-corrected chi connectivity index (χ4v) is 4.08. The average molecular weight is 301 g/mol. The van der Waals surface area contributed by atoms with E-state index in [0.717, 1.165) is 6.07 Å². The summed E-state index contributed by atoms with van der Waals surface area (Å²) in [7, 11) is -2.94. The van der Waals surface area contributed by atoms with Crippen LogP contribution in [0, 0.1) is 11.6 Å². The maximum atomic E-state index is 13.5. The molecule has 1 aliphatic rings. The first-order valence-corrected chi connectivity index (χ1v) is 8.02. The van der Waals surface area contributed by atoms with Gasteiger partial charge in [-0.2, -0.15) is 0 Å². The van der Waals surface area contributed by atoms with Gasteiger partial charge in [-0.1, -0.05) is 0 Å². The summed E-state index contributed by atoms with van der Waals surface area (Å²) in [4.78, 5) is 6.86. The van der Waals surface area contributed by atoms with Gasteiger partial charge in [0.1, 0.15) is 17.2 Å². The zero-order chi connectivity index (χ0) is 14.3. The number of imidazole rings is 1. The molecule has 2 heterocycles. The van der Waals surface area contributed by atoms with E-state index >= 15 is 0 Å². The van der Waals surface area contributed by atoms with Crippen molar-refractivity contribution in [1.29, 1.82) is 0 Å². The molecule has 0 bridgehead atoms. The third-order valence-corrected chi connectivity index (χ3v) is 5.11. The number of sulfone groups is 1. The largest absolute Gasteiger partial charge is 0.341 e. The highest BCUT2D eigenvalue weighted by Gasteiger charge is 2.27. The Balaban J connectivity index is 1.74. The number of nitrogens with zero attached hydrogens (tertiary/aromatic N) is 1. The van der Waals surface area contributed by atoms with Gasteiger partial charge in [-0.3, -0.25) is 0 Å². The van der Waals surface area contributed by atoms with Crippen LogP contribution in [0.4, 0.5) is 8.78 Å². The summed E-state index contributed by atoms with van der Waals surface area (Å²) in [6, 6.07) is 1.84. The number of hydrogen-bond donors (Lipinski definition) is 2. The molecule has 0 spiro atoms. The van der Waals surface area contributed by atoms with Crippen molar-refractivity contribution in [2.45, 2.75) is 19.0 Å². The first-order valence-electron chi connectivity index (χ1n) is 6.20. The van der Waals surface area contributed by atoms with E-state index in [1.165, 1.54) is 6.07 Å². The standard InChI is InChI=1S/C12H13F2N3O2S/c13-7-3-9(14)12-10(4-7)16-11(17-12)5-15-8-1-2-20(18,19)6-8/h3-4,8,15H,1-2,5-6H2,(H,16,17). The molecule has 2 aromatic rings. The minimum atomic E-state index is -2.94. The molecule has 5 nitrogen and oxygen atoms in total. The van der Waals surface area contributed by atoms with Gasteiger partial charge in [-0.15, -0.1) is 0 Å². The monoisotopic (exact) mass is 301 g/mol. The van der Waals surface area contributed by atoms with Crippen LogP contribution in [-0.2, 0) is 16.4 Å². The molecule has 1 unspecified atom stereocenters. The molecule has 1 aromatic heterocycles. The van der Waals surface area contributed by atoms with Crippen LogP contribution in [-0.4, -0.2) is 35.9 Å². The Labute approximate surface area is 114 Å². The van der Waals surface area contributed by atoms with Crippen molar-refractivity contribution in [3.63, 3.8) is 0 Å². The number of nitrogens with one attached hydrogen (secondary N) is 2. The summed E-state index contributed by atoms with van der Waals surface area (Å²) in [5.41, 5.74) is 0.376. The van der Waals surface area contributed by atoms with Gasteiger partial charge in [-0.05, 0) is 12.5 Å². The number of H-pyrrole nitrogens is 1. The number of aromatic amines is 1. The maximum Gasteiger partial charge on any atom is 0.153 e. The van der Waals surface area contributed by atoms with Crippen LogP contribution in [0.25, 0.3) is 11.0 Å². The first-order chi connectivity index (χ1) is 9.43. The van der Waals surface area contributed by atoms with Crippen LogP contribution in [0.1, 0.15) is 12.2 Å². The Morgan fingerprint density at radius 2 is 2.20 bits per heavy atom. The average Bonchev–Trinajstić information content (AvgIpc) is 2.90. The number of fused-ring (bicyclic) bond motifs is 1. The lowest BCUT2D eigenvalue weighted by Gasteiger charge is -2.08. The van der Waals surface area contributed by atoms with E-state index in [2.05, 4.69) is 15.3 Å². The Hall–Kier alpha value is -1.54. The highest BCUT2D eigenvalue weighted by Crippen LogP contribution is 2.18. The number of hydrogen-bond acceptors (Lipinski definition) is 4. The zero-order valence-electron chi connectivity index (χ0n) is 10.5. The summed E-state index contributed by atoms with van der Waals surface area (Å²) in [5.74, 6) is -0.638. The van der Waals surface area contributed by atoms with Crippen molar-refractivity contribution in [2.24, 2.45) is 0 Å². The molecular formula is C12H13F2N3O2S. The van der Waals surface area contributed by atoms with Gasteiger partial charge >= 0.3 is 0 Å². The summed E-state index contributed by atoms with van der Waals surface area (Å²) in [6.07, 6.45) is 0.561. The molecule has 1 aliphatic heterocycles. The van der Waals surface area contributed by atoms with Crippen molar-refractivity contribution in [3.8, 4) is 0 Å². The summed E-state index contributed by atoms with van der Waals surface area (Å²) >= 11 is 0. The SMILES string of the molecule is O=S1(=O)CCC(NCc2nc3c(F)cc(F)cc3[nH]2)C1. The lowest BCUT2D eigenvalue weighted by molar-refractivity contribution is 0.544. The van der Waals surface area contributed by atoms with Crippen molar-refractivity contribution in [3.05, 3.63) is 29.6 Å². The van der Waals surface area contributed by atoms with E-state index in [-0.39, 0.29) is 29.6 Å². The molecule has 1 aromatic carbocycles. The molecular weight excluding hydrogens is 288 g/mol. The van der Waals surface area contributed by atoms with Gasteiger partial charge in [0.2, 0.25) is 0 Å². The van der Waals surface area contributed by atoms with E-state index in [4.69, 9.17) is 0 Å². The Kier molecular flexibility index (Phi) is 3.21. The predicted octanol–water partition coefficient (Wildman–Crippen LogP) is 1.12. The summed E-state index contributed by atoms with van der Waals surface area (Å²) in [5, 5.41) is 3.06. The second-order valence-corrected chi connectivity index (χ2v) is 7.18. The lowest BCUT2D eigenvalue weighted by atomic mass is 10.2. The molecule has 20 heavy (non-hydrogen) atoms. The highest BCUT2D eigenvalue weighted by molar-refractivity contribution is 7.91. The van der Waals surface area contributed by atoms with Crippen LogP contribution in [0.5, 0.6) is 0 Å². The van der Waals surface area contributed by atoms with E-state index in [0.29, 0.717) is 17.8 Å². The number of benzene rings is 1. The fourth-order valence-electron chi connectivity index (χ4n) is 2.37. The first kappa shape index (κ1) is 13.4. The van der Waals surface area contributed by atoms with Crippen molar-refractivity contribution >= 4 is 20.9 Å². The number of halogens is 2. The summed E-state index contributed by atoms with van der Waals surface area (Å²) in [6.45, 7) is 0.288. The van der Waals surface area contributed by atoms with Crippen LogP contribution < -0.4 is 5.32 Å². The van der Waals surface area contributed by atoms with Gasteiger partial charge < -0.3 is 10.3 Å². The smallest absolute Gasteiger partial charge is 0.153 e. The van der Waals surface area contributed by atoms with Crippen LogP contribution in [0.3, 0.4) is 0 Å². The van der Waals surface area contributed by atoms with Gasteiger partial charge in [0.15, 0.2) is 15.7 Å². The molecule has 1 fully saturated rings. The molecule has 3 rings (SSSR count). The third-order valence-electron chi connectivity index (χ3n) is 3.34. The van der Waals surface area contributed by atoms with Gasteiger partial charge in [0.05, 0.1) is 23.6 Å². The Morgan fingerprint density at radius 3 is 2.90 bits per heavy atom. The van der Waals surface area contributed by atoms with Crippen molar-refractivity contribution < 1.29 is 17.2 Å². The van der Waals surface area contributed by atoms with Gasteiger partial charge in [0.25, 0.3) is 0 Å². The second kappa shape index (κ2) is 4.78. The normalized spacial score (nSPS) is 21.6. The molecule has 0 aliphatic carbocycles. The predicted molar refractivity (Wildman–Crippen MR) is 69.9 cm³/mol. The van der Waals surface area contributed by atoms with E-state index in [1.807, 2.05) is 0 Å². The maximum absolute atomic E-state index is 13.5. The molecule has 0 saturated carbocycles. The molecule has 0 radical (unpaired) electrons. The quantitative estimate of drug-likeness (QED) is 0.891. The van der Waals surface area contributed by atoms with E-state index < -0.39 is 21.5 Å². The molecule has 8 heteroatoms. The topological polar surface area (TPSA) is 74.8 Å². The van der Waals surface area contributed by atoms with Crippen molar-refractivity contribution in [1.82, 2.24) is 15.3 Å². The van der Waals surface area contributed by atoms with Crippen molar-refractivity contribution in [2.75, 3.05) is 11.5 Å². The minimum Gasteiger partial charge on any atom is -0.341 e. The second-order valence-electron chi connectivity index (χ2n) is 4.95. The Morgan fingerprint density at radius 1 is 1.40 bits per heavy atom. The van der Waals surface area contributed by atoms with Gasteiger partial charge in [-0.25, -0.2) is 22.2 Å². The number of aromatic nitrogens is 2. The lowest BCUT2D eigenvalue weighted by Crippen LogP contribution is -2.29. The molecule has 1 saturated heterocycles. The Bertz CT molecular complexity index is 757. The zero-order valence-corrected chi connectivity index (χ0v) is 11.3. The third kappa shape index (κ3) is 2.66. The minimum absolute atomic E-state index is 0.0854. The highest BCUT2D eigenvalue weighted by atomic mass is 32.2. The van der Waals surface area contributed by atoms with Gasteiger partial charge in [0, 0.05) is 12.1 Å². The van der Waals surface area contributed by atoms with Crippen LogP contribution in [0.15, 0.2) is 12.1 Å². The van der Waals surface area contributed by atoms with E-state index in [9.17, 15) is 17.2 Å². The fraction of sp³-hybridized carbons (Fsp3) is 0.417. The molecule has 108 valence electrons. The summed E-state index contributed by atoms with van der Waals surface area (Å²) < 4.78 is 49.2. The molecule has 0 amide bonds. The van der Waals surface area contributed by atoms with Crippen LogP contribution >= 0.6 is 0 Å². The van der Waals surface area contributed by atoms with Crippen LogP contribution in [0.2, 0.25) is 0 Å².